The van der Waals surface area contributed by atoms with Crippen LogP contribution in [-0.2, 0) is 12.8 Å². The number of carbonyl (C=O) groups excluding carboxylic acids is 1. The van der Waals surface area contributed by atoms with Crippen molar-refractivity contribution in [1.29, 1.82) is 0 Å². The van der Waals surface area contributed by atoms with E-state index in [1.165, 1.54) is 6.20 Å². The molecule has 2 aromatic heterocycles. The Morgan fingerprint density at radius 3 is 2.79 bits per heavy atom. The van der Waals surface area contributed by atoms with Crippen LogP contribution in [0, 0.1) is 0 Å². The number of hydrogen-bond donors (Lipinski definition) is 2. The molecule has 6 heteroatoms. The van der Waals surface area contributed by atoms with Gasteiger partial charge in [-0.05, 0) is 37.3 Å². The quantitative estimate of drug-likeness (QED) is 0.757. The molecule has 2 N–H and O–H groups in total. The standard InChI is InChI=1S/C18H17N5O/c24-18(22-16-11-19-9-10-20-16)23-17-12-5-1-3-7-14(12)21-15-8-4-2-6-13(15)17/h1,3,5,7,9-11H,2,4,6,8H2,(H2,20,21,22,23,24). The number of aromatic nitrogens is 3. The molecule has 120 valence electrons. The van der Waals surface area contributed by atoms with Crippen molar-refractivity contribution in [3.63, 3.8) is 0 Å². The monoisotopic (exact) mass is 319 g/mol. The third-order valence-corrected chi connectivity index (χ3v) is 4.21. The summed E-state index contributed by atoms with van der Waals surface area (Å²) in [7, 11) is 0. The number of hydrogen-bond acceptors (Lipinski definition) is 4. The normalized spacial score (nSPS) is 13.3. The number of aryl methyl sites for hydroxylation is 1. The summed E-state index contributed by atoms with van der Waals surface area (Å²) in [5.74, 6) is 0.419. The highest BCUT2D eigenvalue weighted by Crippen LogP contribution is 2.33. The zero-order chi connectivity index (χ0) is 16.4. The van der Waals surface area contributed by atoms with Crippen molar-refractivity contribution in [3.8, 4) is 0 Å². The molecule has 0 unspecified atom stereocenters. The first-order valence-corrected chi connectivity index (χ1v) is 8.06. The molecule has 0 saturated heterocycles. The van der Waals surface area contributed by atoms with Gasteiger partial charge in [0.25, 0.3) is 0 Å². The van der Waals surface area contributed by atoms with Crippen molar-refractivity contribution in [2.24, 2.45) is 0 Å². The van der Waals surface area contributed by atoms with Gasteiger partial charge in [-0.3, -0.25) is 15.3 Å². The Kier molecular flexibility index (Phi) is 3.78. The average molecular weight is 319 g/mol. The smallest absolute Gasteiger partial charge is 0.307 e. The first-order chi connectivity index (χ1) is 11.8. The van der Waals surface area contributed by atoms with Crippen molar-refractivity contribution in [2.75, 3.05) is 10.6 Å². The molecule has 0 spiro atoms. The molecule has 2 amide bonds. The van der Waals surface area contributed by atoms with Gasteiger partial charge in [0.2, 0.25) is 0 Å². The number of pyridine rings is 1. The van der Waals surface area contributed by atoms with E-state index in [0.717, 1.165) is 53.5 Å². The van der Waals surface area contributed by atoms with Crippen LogP contribution in [0.4, 0.5) is 16.3 Å². The van der Waals surface area contributed by atoms with E-state index in [1.807, 2.05) is 24.3 Å². The number of amides is 2. The number of fused-ring (bicyclic) bond motifs is 2. The van der Waals surface area contributed by atoms with Crippen molar-refractivity contribution in [2.45, 2.75) is 25.7 Å². The minimum atomic E-state index is -0.320. The maximum Gasteiger partial charge on any atom is 0.324 e. The number of benzene rings is 1. The van der Waals surface area contributed by atoms with Crippen LogP contribution in [-0.4, -0.2) is 21.0 Å². The highest BCUT2D eigenvalue weighted by atomic mass is 16.2. The van der Waals surface area contributed by atoms with Crippen molar-refractivity contribution in [1.82, 2.24) is 15.0 Å². The summed E-state index contributed by atoms with van der Waals surface area (Å²) < 4.78 is 0. The molecule has 24 heavy (non-hydrogen) atoms. The van der Waals surface area contributed by atoms with Gasteiger partial charge in [0.15, 0.2) is 5.82 Å². The summed E-state index contributed by atoms with van der Waals surface area (Å²) in [5, 5.41) is 6.69. The van der Waals surface area contributed by atoms with Gasteiger partial charge < -0.3 is 5.32 Å². The highest BCUT2D eigenvalue weighted by Gasteiger charge is 2.19. The Morgan fingerprint density at radius 1 is 1.04 bits per heavy atom. The topological polar surface area (TPSA) is 79.8 Å². The average Bonchev–Trinajstić information content (AvgIpc) is 2.62. The molecule has 6 nitrogen and oxygen atoms in total. The van der Waals surface area contributed by atoms with Gasteiger partial charge in [-0.15, -0.1) is 0 Å². The van der Waals surface area contributed by atoms with Crippen LogP contribution >= 0.6 is 0 Å². The number of carbonyl (C=O) groups is 1. The van der Waals surface area contributed by atoms with Crippen LogP contribution in [0.3, 0.4) is 0 Å². The summed E-state index contributed by atoms with van der Waals surface area (Å²) in [4.78, 5) is 25.2. The van der Waals surface area contributed by atoms with Gasteiger partial charge in [-0.2, -0.15) is 0 Å². The predicted molar refractivity (Wildman–Crippen MR) is 93.1 cm³/mol. The second kappa shape index (κ2) is 6.23. The fourth-order valence-electron chi connectivity index (χ4n) is 3.14. The second-order valence-electron chi connectivity index (χ2n) is 5.81. The zero-order valence-electron chi connectivity index (χ0n) is 13.1. The zero-order valence-corrected chi connectivity index (χ0v) is 13.1. The SMILES string of the molecule is O=C(Nc1cnccn1)Nc1c2c(nc3ccccc13)CCCC2. The molecular formula is C18H17N5O. The Balaban J connectivity index is 1.71. The number of nitrogens with one attached hydrogen (secondary N) is 2. The minimum Gasteiger partial charge on any atom is -0.307 e. The van der Waals surface area contributed by atoms with Crippen LogP contribution in [0.1, 0.15) is 24.1 Å². The Hall–Kier alpha value is -3.02. The molecule has 0 fully saturated rings. The molecular weight excluding hydrogens is 302 g/mol. The first-order valence-electron chi connectivity index (χ1n) is 8.06. The number of anilines is 2. The first kappa shape index (κ1) is 14.6. The molecule has 0 radical (unpaired) electrons. The van der Waals surface area contributed by atoms with Gasteiger partial charge in [-0.1, -0.05) is 18.2 Å². The predicted octanol–water partition coefficient (Wildman–Crippen LogP) is 3.55. The van der Waals surface area contributed by atoms with Crippen LogP contribution < -0.4 is 10.6 Å². The van der Waals surface area contributed by atoms with Gasteiger partial charge in [0.05, 0.1) is 17.4 Å². The highest BCUT2D eigenvalue weighted by molar-refractivity contribution is 6.06. The Labute approximate surface area is 139 Å². The van der Waals surface area contributed by atoms with Gasteiger partial charge in [0, 0.05) is 23.5 Å². The fraction of sp³-hybridized carbons (Fsp3) is 0.222. The molecule has 0 atom stereocenters. The van der Waals surface area contributed by atoms with Crippen molar-refractivity contribution in [3.05, 3.63) is 54.1 Å². The van der Waals surface area contributed by atoms with Crippen LogP contribution in [0.2, 0.25) is 0 Å². The van der Waals surface area contributed by atoms with Crippen LogP contribution in [0.15, 0.2) is 42.9 Å². The molecule has 0 saturated carbocycles. The summed E-state index contributed by atoms with van der Waals surface area (Å²) in [6.07, 6.45) is 8.78. The molecule has 4 rings (SSSR count). The number of nitrogens with zero attached hydrogens (tertiary/aromatic N) is 3. The van der Waals surface area contributed by atoms with Crippen LogP contribution in [0.5, 0.6) is 0 Å². The Morgan fingerprint density at radius 2 is 1.92 bits per heavy atom. The van der Waals surface area contributed by atoms with Gasteiger partial charge in [0.1, 0.15) is 0 Å². The Bertz CT molecular complexity index is 895. The molecule has 3 aromatic rings. The van der Waals surface area contributed by atoms with E-state index in [-0.39, 0.29) is 6.03 Å². The molecule has 1 aromatic carbocycles. The molecule has 1 aliphatic carbocycles. The maximum absolute atomic E-state index is 12.4. The largest absolute Gasteiger partial charge is 0.324 e. The van der Waals surface area contributed by atoms with E-state index >= 15 is 0 Å². The minimum absolute atomic E-state index is 0.320. The maximum atomic E-state index is 12.4. The lowest BCUT2D eigenvalue weighted by molar-refractivity contribution is 0.262. The number of para-hydroxylation sites is 1. The van der Waals surface area contributed by atoms with Crippen LogP contribution in [0.25, 0.3) is 10.9 Å². The third-order valence-electron chi connectivity index (χ3n) is 4.21. The van der Waals surface area contributed by atoms with E-state index in [0.29, 0.717) is 5.82 Å². The van der Waals surface area contributed by atoms with E-state index < -0.39 is 0 Å². The summed E-state index contributed by atoms with van der Waals surface area (Å²) >= 11 is 0. The summed E-state index contributed by atoms with van der Waals surface area (Å²) in [6.45, 7) is 0. The molecule has 0 bridgehead atoms. The lowest BCUT2D eigenvalue weighted by atomic mass is 9.93. The van der Waals surface area contributed by atoms with E-state index in [1.54, 1.807) is 12.4 Å². The van der Waals surface area contributed by atoms with Gasteiger partial charge >= 0.3 is 6.03 Å². The molecule has 1 aliphatic rings. The van der Waals surface area contributed by atoms with Gasteiger partial charge in [-0.25, -0.2) is 9.78 Å². The fourth-order valence-corrected chi connectivity index (χ4v) is 3.14. The number of urea groups is 1. The van der Waals surface area contributed by atoms with E-state index in [4.69, 9.17) is 4.98 Å². The number of rotatable bonds is 2. The second-order valence-corrected chi connectivity index (χ2v) is 5.81. The summed E-state index contributed by atoms with van der Waals surface area (Å²) in [5.41, 5.74) is 4.01. The van der Waals surface area contributed by atoms with E-state index in [9.17, 15) is 4.79 Å². The van der Waals surface area contributed by atoms with E-state index in [2.05, 4.69) is 20.6 Å². The molecule has 0 aliphatic heterocycles. The molecule has 2 heterocycles. The van der Waals surface area contributed by atoms with Crippen molar-refractivity contribution < 1.29 is 4.79 Å². The third kappa shape index (κ3) is 2.78. The van der Waals surface area contributed by atoms with Crippen molar-refractivity contribution >= 4 is 28.4 Å². The summed E-state index contributed by atoms with van der Waals surface area (Å²) in [6, 6.07) is 7.59. The lowest BCUT2D eigenvalue weighted by Crippen LogP contribution is -2.22. The lowest BCUT2D eigenvalue weighted by Gasteiger charge is -2.21.